The zero-order chi connectivity index (χ0) is 14.8. The zero-order valence-corrected chi connectivity index (χ0v) is 13.5. The summed E-state index contributed by atoms with van der Waals surface area (Å²) in [5.41, 5.74) is 7.24. The molecule has 1 aromatic carbocycles. The van der Waals surface area contributed by atoms with Gasteiger partial charge in [0, 0.05) is 26.9 Å². The number of nitrogens with zero attached hydrogens (tertiary/aromatic N) is 1. The number of thioether (sulfide) groups is 1. The molecule has 0 bridgehead atoms. The highest BCUT2D eigenvalue weighted by Gasteiger charge is 2.20. The van der Waals surface area contributed by atoms with Gasteiger partial charge in [0.25, 0.3) is 0 Å². The highest BCUT2D eigenvalue weighted by molar-refractivity contribution is 8.00. The van der Waals surface area contributed by atoms with E-state index in [-0.39, 0.29) is 5.91 Å². The Labute approximate surface area is 133 Å². The molecule has 0 saturated carbocycles. The number of primary amides is 1. The molecule has 1 aliphatic heterocycles. The van der Waals surface area contributed by atoms with Crippen molar-refractivity contribution >= 4 is 34.7 Å². The third-order valence-electron chi connectivity index (χ3n) is 3.62. The number of hydrogen-bond donors (Lipinski definition) is 1. The van der Waals surface area contributed by atoms with Crippen LogP contribution in [0, 0.1) is 0 Å². The summed E-state index contributed by atoms with van der Waals surface area (Å²) in [5, 5.41) is 2.47. The van der Waals surface area contributed by atoms with Crippen LogP contribution in [0.5, 0.6) is 0 Å². The molecule has 0 unspecified atom stereocenters. The molecule has 0 saturated heterocycles. The summed E-state index contributed by atoms with van der Waals surface area (Å²) >= 11 is 3.55. The molecule has 1 aromatic heterocycles. The molecule has 0 spiro atoms. The lowest BCUT2D eigenvalue weighted by Gasteiger charge is -2.23. The van der Waals surface area contributed by atoms with Crippen molar-refractivity contribution in [1.82, 2.24) is 0 Å². The van der Waals surface area contributed by atoms with Gasteiger partial charge in [-0.1, -0.05) is 19.1 Å². The fourth-order valence-corrected chi connectivity index (χ4v) is 4.52. The van der Waals surface area contributed by atoms with Crippen LogP contribution < -0.4 is 10.6 Å². The second-order valence-corrected chi connectivity index (χ2v) is 7.75. The van der Waals surface area contributed by atoms with Crippen molar-refractivity contribution in [2.45, 2.75) is 30.0 Å². The highest BCUT2D eigenvalue weighted by atomic mass is 32.2. The van der Waals surface area contributed by atoms with Gasteiger partial charge in [-0.3, -0.25) is 4.79 Å². The van der Waals surface area contributed by atoms with Gasteiger partial charge in [0.05, 0.1) is 17.8 Å². The van der Waals surface area contributed by atoms with Crippen LogP contribution in [0.3, 0.4) is 0 Å². The molecule has 5 heteroatoms. The van der Waals surface area contributed by atoms with Crippen LogP contribution in [0.1, 0.15) is 28.6 Å². The van der Waals surface area contributed by atoms with Crippen molar-refractivity contribution in [2.24, 2.45) is 5.73 Å². The average molecular weight is 318 g/mol. The molecule has 21 heavy (non-hydrogen) atoms. The summed E-state index contributed by atoms with van der Waals surface area (Å²) in [6.07, 6.45) is 1.16. The van der Waals surface area contributed by atoms with E-state index >= 15 is 0 Å². The second-order valence-electron chi connectivity index (χ2n) is 5.27. The molecular weight excluding hydrogens is 300 g/mol. The minimum absolute atomic E-state index is 0.349. The van der Waals surface area contributed by atoms with Gasteiger partial charge in [-0.2, -0.15) is 0 Å². The summed E-state index contributed by atoms with van der Waals surface area (Å²) in [5.74, 6) is -0.349. The Bertz CT molecular complexity index is 653. The predicted octanol–water partition coefficient (Wildman–Crippen LogP) is 3.74. The van der Waals surface area contributed by atoms with Crippen LogP contribution >= 0.6 is 23.1 Å². The summed E-state index contributed by atoms with van der Waals surface area (Å²) in [6, 6.07) is 10.5. The Morgan fingerprint density at radius 3 is 3.00 bits per heavy atom. The molecule has 0 aliphatic carbocycles. The number of benzene rings is 1. The molecule has 1 aliphatic rings. The second kappa shape index (κ2) is 6.12. The number of thiophene rings is 1. The fourth-order valence-electron chi connectivity index (χ4n) is 2.50. The Morgan fingerprint density at radius 1 is 1.43 bits per heavy atom. The van der Waals surface area contributed by atoms with Crippen molar-refractivity contribution in [3.8, 4) is 0 Å². The first kappa shape index (κ1) is 14.5. The number of rotatable bonds is 3. The van der Waals surface area contributed by atoms with Crippen molar-refractivity contribution in [3.05, 3.63) is 46.2 Å². The van der Waals surface area contributed by atoms with Crippen LogP contribution in [-0.2, 0) is 6.54 Å². The van der Waals surface area contributed by atoms with Gasteiger partial charge in [0.2, 0.25) is 5.91 Å². The Kier molecular flexibility index (Phi) is 4.22. The number of anilines is 1. The van der Waals surface area contributed by atoms with E-state index in [0.29, 0.717) is 10.8 Å². The maximum atomic E-state index is 11.2. The van der Waals surface area contributed by atoms with Crippen molar-refractivity contribution in [3.63, 3.8) is 0 Å². The minimum atomic E-state index is -0.349. The first-order valence-electron chi connectivity index (χ1n) is 7.01. The molecule has 0 fully saturated rings. The molecule has 110 valence electrons. The van der Waals surface area contributed by atoms with E-state index in [9.17, 15) is 4.79 Å². The Morgan fingerprint density at radius 2 is 2.24 bits per heavy atom. The van der Waals surface area contributed by atoms with Gasteiger partial charge in [0.15, 0.2) is 0 Å². The number of carbonyl (C=O) groups excluding carboxylic acids is 1. The van der Waals surface area contributed by atoms with E-state index in [1.807, 2.05) is 23.2 Å². The highest BCUT2D eigenvalue weighted by Crippen LogP contribution is 2.38. The molecule has 2 N–H and O–H groups in total. The molecule has 3 rings (SSSR count). The van der Waals surface area contributed by atoms with Gasteiger partial charge in [-0.25, -0.2) is 0 Å². The summed E-state index contributed by atoms with van der Waals surface area (Å²) in [4.78, 5) is 16.1. The van der Waals surface area contributed by atoms with E-state index < -0.39 is 0 Å². The molecule has 3 nitrogen and oxygen atoms in total. The molecule has 0 radical (unpaired) electrons. The summed E-state index contributed by atoms with van der Waals surface area (Å²) in [7, 11) is 0. The fraction of sp³-hybridized carbons (Fsp3) is 0.312. The lowest BCUT2D eigenvalue weighted by molar-refractivity contribution is 0.100. The van der Waals surface area contributed by atoms with Crippen LogP contribution in [0.4, 0.5) is 5.69 Å². The number of amides is 1. The quantitative estimate of drug-likeness (QED) is 0.938. The van der Waals surface area contributed by atoms with Gasteiger partial charge in [0.1, 0.15) is 0 Å². The molecule has 1 amide bonds. The SMILES string of the molecule is C[C@@H]1CCN(Cc2cc(C(N)=O)cs2)c2ccccc2S1. The van der Waals surface area contributed by atoms with Crippen LogP contribution in [0.15, 0.2) is 40.6 Å². The Hall–Kier alpha value is -1.46. The van der Waals surface area contributed by atoms with Crippen molar-refractivity contribution in [2.75, 3.05) is 11.4 Å². The number of hydrogen-bond acceptors (Lipinski definition) is 4. The van der Waals surface area contributed by atoms with Gasteiger partial charge < -0.3 is 10.6 Å². The standard InChI is InChI=1S/C16H18N2OS2/c1-11-6-7-18(14-4-2-3-5-15(14)21-11)9-13-8-12(10-20-13)16(17)19/h2-5,8,10-11H,6-7,9H2,1H3,(H2,17,19)/t11-/m1/s1. The summed E-state index contributed by atoms with van der Waals surface area (Å²) in [6.45, 7) is 4.15. The number of para-hydroxylation sites is 1. The van der Waals surface area contributed by atoms with Crippen LogP contribution in [-0.4, -0.2) is 17.7 Å². The maximum Gasteiger partial charge on any atom is 0.249 e. The van der Waals surface area contributed by atoms with Crippen molar-refractivity contribution < 1.29 is 4.79 Å². The third kappa shape index (κ3) is 3.24. The van der Waals surface area contributed by atoms with Gasteiger partial charge in [-0.05, 0) is 24.6 Å². The van der Waals surface area contributed by atoms with Crippen LogP contribution in [0.2, 0.25) is 0 Å². The lowest BCUT2D eigenvalue weighted by Crippen LogP contribution is -2.23. The van der Waals surface area contributed by atoms with E-state index in [4.69, 9.17) is 5.73 Å². The molecule has 2 aromatic rings. The van der Waals surface area contributed by atoms with Gasteiger partial charge >= 0.3 is 0 Å². The number of nitrogens with two attached hydrogens (primary N) is 1. The monoisotopic (exact) mass is 318 g/mol. The third-order valence-corrected chi connectivity index (χ3v) is 5.78. The van der Waals surface area contributed by atoms with Crippen molar-refractivity contribution in [1.29, 1.82) is 0 Å². The van der Waals surface area contributed by atoms with E-state index in [2.05, 4.69) is 36.1 Å². The molecular formula is C16H18N2OS2. The smallest absolute Gasteiger partial charge is 0.249 e. The van der Waals surface area contributed by atoms with E-state index in [1.165, 1.54) is 15.5 Å². The lowest BCUT2D eigenvalue weighted by atomic mass is 10.2. The minimum Gasteiger partial charge on any atom is -0.366 e. The molecule has 2 heterocycles. The largest absolute Gasteiger partial charge is 0.366 e. The average Bonchev–Trinajstić information content (AvgIpc) is 2.86. The zero-order valence-electron chi connectivity index (χ0n) is 11.9. The number of fused-ring (bicyclic) bond motifs is 1. The normalized spacial score (nSPS) is 18.1. The first-order chi connectivity index (χ1) is 10.1. The summed E-state index contributed by atoms with van der Waals surface area (Å²) < 4.78 is 0. The topological polar surface area (TPSA) is 46.3 Å². The van der Waals surface area contributed by atoms with Crippen LogP contribution in [0.25, 0.3) is 0 Å². The predicted molar refractivity (Wildman–Crippen MR) is 90.3 cm³/mol. The van der Waals surface area contributed by atoms with E-state index in [1.54, 1.807) is 11.3 Å². The maximum absolute atomic E-state index is 11.2. The number of carbonyl (C=O) groups is 1. The molecule has 1 atom stereocenters. The van der Waals surface area contributed by atoms with E-state index in [0.717, 1.165) is 19.5 Å². The van der Waals surface area contributed by atoms with Gasteiger partial charge in [-0.15, -0.1) is 23.1 Å². The first-order valence-corrected chi connectivity index (χ1v) is 8.77. The Balaban J connectivity index is 1.85.